The summed E-state index contributed by atoms with van der Waals surface area (Å²) in [5, 5.41) is 27.9. The number of benzene rings is 2. The Morgan fingerprint density at radius 1 is 1.12 bits per heavy atom. The lowest BCUT2D eigenvalue weighted by molar-refractivity contribution is -0.122. The van der Waals surface area contributed by atoms with Crippen molar-refractivity contribution < 1.29 is 24.2 Å². The number of carbonyl (C=O) groups is 1. The summed E-state index contributed by atoms with van der Waals surface area (Å²) in [5.74, 6) is 0.870. The quantitative estimate of drug-likeness (QED) is 0.332. The van der Waals surface area contributed by atoms with Gasteiger partial charge in [0.15, 0.2) is 16.7 Å². The van der Waals surface area contributed by atoms with Crippen LogP contribution in [0.3, 0.4) is 0 Å². The fourth-order valence-electron chi connectivity index (χ4n) is 2.92. The number of hydrogen-bond acceptors (Lipinski definition) is 8. The molecule has 4 rings (SSSR count). The molecule has 0 aliphatic carbocycles. The highest BCUT2D eigenvalue weighted by Gasteiger charge is 2.34. The summed E-state index contributed by atoms with van der Waals surface area (Å²) in [6.45, 7) is 0.211. The van der Waals surface area contributed by atoms with E-state index in [2.05, 4.69) is 10.2 Å². The zero-order valence-electron chi connectivity index (χ0n) is 17.0. The molecule has 1 aromatic heterocycles. The molecule has 162 valence electrons. The van der Waals surface area contributed by atoms with Crippen LogP contribution in [0.1, 0.15) is 16.9 Å². The zero-order valence-corrected chi connectivity index (χ0v) is 17.8. The van der Waals surface area contributed by atoms with Crippen LogP contribution in [-0.4, -0.2) is 39.5 Å². The summed E-state index contributed by atoms with van der Waals surface area (Å²) in [4.78, 5) is 15.0. The third-order valence-corrected chi connectivity index (χ3v) is 5.52. The van der Waals surface area contributed by atoms with Crippen molar-refractivity contribution in [3.8, 4) is 17.2 Å². The highest BCUT2D eigenvalue weighted by atomic mass is 32.2. The van der Waals surface area contributed by atoms with Crippen molar-refractivity contribution in [1.82, 2.24) is 4.90 Å². The Kier molecular flexibility index (Phi) is 6.27. The van der Waals surface area contributed by atoms with E-state index in [1.165, 1.54) is 36.1 Å². The summed E-state index contributed by atoms with van der Waals surface area (Å²) >= 11 is 1.19. The van der Waals surface area contributed by atoms with E-state index >= 15 is 0 Å². The molecule has 2 heterocycles. The molecule has 1 saturated heterocycles. The number of methoxy groups -OCH3 is 1. The van der Waals surface area contributed by atoms with Crippen molar-refractivity contribution in [2.45, 2.75) is 6.54 Å². The van der Waals surface area contributed by atoms with Crippen LogP contribution in [0, 0.1) is 0 Å². The van der Waals surface area contributed by atoms with Crippen LogP contribution in [-0.2, 0) is 11.3 Å². The van der Waals surface area contributed by atoms with E-state index < -0.39 is 0 Å². The van der Waals surface area contributed by atoms with E-state index in [-0.39, 0.29) is 24.0 Å². The van der Waals surface area contributed by atoms with Gasteiger partial charge in [-0.3, -0.25) is 9.69 Å². The number of thioether (sulfide) groups is 1. The fraction of sp³-hybridized carbons (Fsp3) is 0.0870. The standard InChI is InChI=1S/C23H19N3O5S/c1-30-20-11-16(6-9-19(20)28)12-21-22(29)26(14-18-3-2-10-31-18)23(32-21)25-24-13-15-4-7-17(27)8-5-15/h2-13,27-28H,14H2,1H3/b21-12-,24-13-,25-23+. The maximum Gasteiger partial charge on any atom is 0.267 e. The van der Waals surface area contributed by atoms with Gasteiger partial charge in [0.25, 0.3) is 5.91 Å². The topological polar surface area (TPSA) is 108 Å². The largest absolute Gasteiger partial charge is 0.508 e. The molecular weight excluding hydrogens is 430 g/mol. The van der Waals surface area contributed by atoms with Gasteiger partial charge in [0.05, 0.1) is 31.0 Å². The van der Waals surface area contributed by atoms with Gasteiger partial charge in [-0.2, -0.15) is 5.10 Å². The Hall–Kier alpha value is -3.98. The molecule has 1 aliphatic rings. The van der Waals surface area contributed by atoms with Crippen LogP contribution in [0.2, 0.25) is 0 Å². The number of amides is 1. The van der Waals surface area contributed by atoms with Gasteiger partial charge >= 0.3 is 0 Å². The van der Waals surface area contributed by atoms with E-state index in [9.17, 15) is 15.0 Å². The summed E-state index contributed by atoms with van der Waals surface area (Å²) in [6.07, 6.45) is 4.79. The molecule has 0 radical (unpaired) electrons. The smallest absolute Gasteiger partial charge is 0.267 e. The molecular formula is C23H19N3O5S. The second kappa shape index (κ2) is 9.44. The number of furan rings is 1. The first-order valence-electron chi connectivity index (χ1n) is 9.54. The van der Waals surface area contributed by atoms with Gasteiger partial charge < -0.3 is 19.4 Å². The average molecular weight is 449 g/mol. The number of phenolic OH excluding ortho intramolecular Hbond substituents is 2. The molecule has 3 aromatic rings. The molecule has 2 aromatic carbocycles. The minimum Gasteiger partial charge on any atom is -0.508 e. The summed E-state index contributed by atoms with van der Waals surface area (Å²) in [6, 6.07) is 14.9. The number of hydrogen-bond donors (Lipinski definition) is 2. The second-order valence-corrected chi connectivity index (χ2v) is 7.74. The SMILES string of the molecule is COc1cc(/C=C2\S/C(=N/N=C\c3ccc(O)cc3)N(Cc3ccco3)C2=O)ccc1O. The lowest BCUT2D eigenvalue weighted by atomic mass is 10.2. The molecule has 2 N–H and O–H groups in total. The lowest BCUT2D eigenvalue weighted by Crippen LogP contribution is -2.28. The number of ether oxygens (including phenoxy) is 1. The van der Waals surface area contributed by atoms with Crippen LogP contribution in [0.15, 0.2) is 80.4 Å². The van der Waals surface area contributed by atoms with Crippen LogP contribution in [0.5, 0.6) is 17.2 Å². The van der Waals surface area contributed by atoms with Crippen molar-refractivity contribution in [3.63, 3.8) is 0 Å². The minimum atomic E-state index is -0.239. The molecule has 8 nitrogen and oxygen atoms in total. The molecule has 32 heavy (non-hydrogen) atoms. The maximum absolute atomic E-state index is 13.1. The number of amidine groups is 1. The summed E-state index contributed by atoms with van der Waals surface area (Å²) < 4.78 is 10.5. The Bertz CT molecular complexity index is 1200. The van der Waals surface area contributed by atoms with Gasteiger partial charge in [0.1, 0.15) is 11.5 Å². The van der Waals surface area contributed by atoms with E-state index in [0.717, 1.165) is 5.56 Å². The number of aromatic hydroxyl groups is 2. The van der Waals surface area contributed by atoms with Crippen molar-refractivity contribution >= 4 is 35.1 Å². The van der Waals surface area contributed by atoms with Gasteiger partial charge in [0.2, 0.25) is 0 Å². The van der Waals surface area contributed by atoms with Crippen LogP contribution in [0.4, 0.5) is 0 Å². The third kappa shape index (κ3) is 4.84. The van der Waals surface area contributed by atoms with E-state index in [1.54, 1.807) is 60.9 Å². The number of phenols is 2. The molecule has 9 heteroatoms. The highest BCUT2D eigenvalue weighted by molar-refractivity contribution is 8.18. The van der Waals surface area contributed by atoms with E-state index in [0.29, 0.717) is 27.1 Å². The normalized spacial score (nSPS) is 16.5. The van der Waals surface area contributed by atoms with Gasteiger partial charge in [-0.25, -0.2) is 0 Å². The monoisotopic (exact) mass is 449 g/mol. The van der Waals surface area contributed by atoms with Crippen molar-refractivity contribution in [1.29, 1.82) is 0 Å². The van der Waals surface area contributed by atoms with Crippen LogP contribution in [0.25, 0.3) is 6.08 Å². The molecule has 0 bridgehead atoms. The highest BCUT2D eigenvalue weighted by Crippen LogP contribution is 2.35. The fourth-order valence-corrected chi connectivity index (χ4v) is 3.86. The van der Waals surface area contributed by atoms with E-state index in [1.807, 2.05) is 0 Å². The second-order valence-electron chi connectivity index (χ2n) is 6.73. The first-order valence-corrected chi connectivity index (χ1v) is 10.4. The average Bonchev–Trinajstić information content (AvgIpc) is 3.41. The Balaban J connectivity index is 1.62. The van der Waals surface area contributed by atoms with Gasteiger partial charge in [-0.1, -0.05) is 6.07 Å². The molecule has 1 fully saturated rings. The van der Waals surface area contributed by atoms with Crippen molar-refractivity contribution in [2.75, 3.05) is 7.11 Å². The molecule has 1 aliphatic heterocycles. The van der Waals surface area contributed by atoms with Crippen molar-refractivity contribution in [2.24, 2.45) is 10.2 Å². The predicted octanol–water partition coefficient (Wildman–Crippen LogP) is 4.21. The molecule has 0 saturated carbocycles. The number of nitrogens with zero attached hydrogens (tertiary/aromatic N) is 3. The Morgan fingerprint density at radius 3 is 2.62 bits per heavy atom. The zero-order chi connectivity index (χ0) is 22.5. The van der Waals surface area contributed by atoms with Gasteiger partial charge in [-0.15, -0.1) is 5.10 Å². The van der Waals surface area contributed by atoms with Crippen molar-refractivity contribution in [3.05, 3.63) is 82.7 Å². The predicted molar refractivity (Wildman–Crippen MR) is 123 cm³/mol. The first-order chi connectivity index (χ1) is 15.5. The molecule has 0 unspecified atom stereocenters. The third-order valence-electron chi connectivity index (χ3n) is 4.53. The number of rotatable bonds is 6. The Morgan fingerprint density at radius 2 is 1.91 bits per heavy atom. The first kappa shape index (κ1) is 21.3. The van der Waals surface area contributed by atoms with Crippen LogP contribution >= 0.6 is 11.8 Å². The van der Waals surface area contributed by atoms with Gasteiger partial charge in [0, 0.05) is 0 Å². The summed E-state index contributed by atoms with van der Waals surface area (Å²) in [7, 11) is 1.46. The van der Waals surface area contributed by atoms with Gasteiger partial charge in [-0.05, 0) is 77.5 Å². The Labute approximate surface area is 188 Å². The molecule has 0 atom stereocenters. The maximum atomic E-state index is 13.1. The summed E-state index contributed by atoms with van der Waals surface area (Å²) in [5.41, 5.74) is 1.45. The van der Waals surface area contributed by atoms with E-state index in [4.69, 9.17) is 9.15 Å². The lowest BCUT2D eigenvalue weighted by Gasteiger charge is -2.12. The number of carbonyl (C=O) groups excluding carboxylic acids is 1. The minimum absolute atomic E-state index is 0.0188. The molecule has 1 amide bonds. The molecule has 0 spiro atoms. The van der Waals surface area contributed by atoms with Crippen LogP contribution < -0.4 is 4.74 Å².